The van der Waals surface area contributed by atoms with E-state index in [-0.39, 0.29) is 0 Å². The number of nitrogens with zero attached hydrogens (tertiary/aromatic N) is 2. The molecule has 0 saturated carbocycles. The summed E-state index contributed by atoms with van der Waals surface area (Å²) in [5.74, 6) is 2.31. The summed E-state index contributed by atoms with van der Waals surface area (Å²) in [6.45, 7) is 11.8. The monoisotopic (exact) mass is 362 g/mol. The molecule has 26 heavy (non-hydrogen) atoms. The fraction of sp³-hybridized carbons (Fsp3) is 0.650. The number of ether oxygens (including phenoxy) is 2. The standard InChI is InChI=1S/C20H34N4O2/c1-15(2)18(24-8-10-26-11-9-24)14-23-20(21-4)22-13-17-7-6-16(3)19(12-17)25-5/h6-7,12,15,18H,8-11,13-14H2,1-5H3,(H2,21,22,23). The molecule has 1 fully saturated rings. The van der Waals surface area contributed by atoms with Crippen LogP contribution in [0, 0.1) is 12.8 Å². The lowest BCUT2D eigenvalue weighted by molar-refractivity contribution is 0.00752. The van der Waals surface area contributed by atoms with Crippen LogP contribution in [0.15, 0.2) is 23.2 Å². The molecule has 0 amide bonds. The molecule has 0 radical (unpaired) electrons. The molecule has 0 bridgehead atoms. The van der Waals surface area contributed by atoms with Crippen molar-refractivity contribution in [3.8, 4) is 5.75 Å². The first-order chi connectivity index (χ1) is 12.5. The molecule has 6 nitrogen and oxygen atoms in total. The van der Waals surface area contributed by atoms with E-state index >= 15 is 0 Å². The van der Waals surface area contributed by atoms with Crippen LogP contribution in [-0.4, -0.2) is 63.9 Å². The van der Waals surface area contributed by atoms with Gasteiger partial charge in [-0.25, -0.2) is 0 Å². The van der Waals surface area contributed by atoms with Crippen molar-refractivity contribution in [1.82, 2.24) is 15.5 Å². The number of hydrogen-bond donors (Lipinski definition) is 2. The van der Waals surface area contributed by atoms with Crippen LogP contribution in [0.5, 0.6) is 5.75 Å². The van der Waals surface area contributed by atoms with E-state index in [1.807, 2.05) is 14.0 Å². The molecule has 0 aromatic heterocycles. The first-order valence-electron chi connectivity index (χ1n) is 9.45. The van der Waals surface area contributed by atoms with Crippen LogP contribution in [0.1, 0.15) is 25.0 Å². The minimum Gasteiger partial charge on any atom is -0.496 e. The number of nitrogens with one attached hydrogen (secondary N) is 2. The molecular formula is C20H34N4O2. The number of aryl methyl sites for hydroxylation is 1. The topological polar surface area (TPSA) is 58.1 Å². The zero-order valence-corrected chi connectivity index (χ0v) is 16.8. The Morgan fingerprint density at radius 2 is 2.00 bits per heavy atom. The summed E-state index contributed by atoms with van der Waals surface area (Å²) in [7, 11) is 3.52. The molecule has 1 aromatic carbocycles. The molecule has 0 aliphatic carbocycles. The number of rotatable bonds is 7. The molecule has 2 rings (SSSR count). The van der Waals surface area contributed by atoms with Gasteiger partial charge >= 0.3 is 0 Å². The number of methoxy groups -OCH3 is 1. The maximum Gasteiger partial charge on any atom is 0.191 e. The van der Waals surface area contributed by atoms with Crippen molar-refractivity contribution >= 4 is 5.96 Å². The maximum absolute atomic E-state index is 5.48. The van der Waals surface area contributed by atoms with Gasteiger partial charge in [0.2, 0.25) is 0 Å². The fourth-order valence-corrected chi connectivity index (χ4v) is 3.28. The largest absolute Gasteiger partial charge is 0.496 e. The molecule has 146 valence electrons. The molecule has 6 heteroatoms. The Morgan fingerprint density at radius 1 is 1.27 bits per heavy atom. The quantitative estimate of drug-likeness (QED) is 0.574. The van der Waals surface area contributed by atoms with Gasteiger partial charge in [-0.2, -0.15) is 0 Å². The van der Waals surface area contributed by atoms with E-state index in [9.17, 15) is 0 Å². The number of benzene rings is 1. The van der Waals surface area contributed by atoms with Crippen molar-refractivity contribution < 1.29 is 9.47 Å². The van der Waals surface area contributed by atoms with E-state index in [2.05, 4.69) is 52.6 Å². The average molecular weight is 363 g/mol. The predicted molar refractivity (Wildman–Crippen MR) is 107 cm³/mol. The summed E-state index contributed by atoms with van der Waals surface area (Å²) < 4.78 is 10.9. The van der Waals surface area contributed by atoms with Gasteiger partial charge in [0.05, 0.1) is 20.3 Å². The van der Waals surface area contributed by atoms with Gasteiger partial charge in [0, 0.05) is 39.3 Å². The van der Waals surface area contributed by atoms with Crippen LogP contribution in [0.25, 0.3) is 0 Å². The predicted octanol–water partition coefficient (Wildman–Crippen LogP) is 2.03. The minimum atomic E-state index is 0.469. The molecule has 1 saturated heterocycles. The second-order valence-corrected chi connectivity index (χ2v) is 7.07. The molecule has 1 aliphatic rings. The summed E-state index contributed by atoms with van der Waals surface area (Å²) in [5, 5.41) is 6.88. The van der Waals surface area contributed by atoms with Gasteiger partial charge in [0.15, 0.2) is 5.96 Å². The SMILES string of the molecule is CN=C(NCc1ccc(C)c(OC)c1)NCC(C(C)C)N1CCOCC1. The Bertz CT molecular complexity index is 583. The summed E-state index contributed by atoms with van der Waals surface area (Å²) in [6, 6.07) is 6.74. The number of guanidine groups is 1. The van der Waals surface area contributed by atoms with E-state index in [1.54, 1.807) is 7.11 Å². The lowest BCUT2D eigenvalue weighted by Crippen LogP contribution is -2.52. The second kappa shape index (κ2) is 10.4. The Labute approximate surface area is 158 Å². The zero-order valence-electron chi connectivity index (χ0n) is 16.8. The minimum absolute atomic E-state index is 0.469. The van der Waals surface area contributed by atoms with Crippen molar-refractivity contribution in [1.29, 1.82) is 0 Å². The van der Waals surface area contributed by atoms with Crippen LogP contribution in [0.4, 0.5) is 0 Å². The first-order valence-corrected chi connectivity index (χ1v) is 9.45. The van der Waals surface area contributed by atoms with Crippen molar-refractivity contribution in [3.63, 3.8) is 0 Å². The fourth-order valence-electron chi connectivity index (χ4n) is 3.28. The number of hydrogen-bond acceptors (Lipinski definition) is 4. The average Bonchev–Trinajstić information content (AvgIpc) is 2.66. The lowest BCUT2D eigenvalue weighted by Gasteiger charge is -2.37. The zero-order chi connectivity index (χ0) is 18.9. The lowest BCUT2D eigenvalue weighted by atomic mass is 10.0. The summed E-state index contributed by atoms with van der Waals surface area (Å²) >= 11 is 0. The molecule has 0 spiro atoms. The summed E-state index contributed by atoms with van der Waals surface area (Å²) in [4.78, 5) is 6.87. The molecule has 1 aromatic rings. The van der Waals surface area contributed by atoms with E-state index in [4.69, 9.17) is 9.47 Å². The molecule has 2 N–H and O–H groups in total. The van der Waals surface area contributed by atoms with Gasteiger partial charge in [-0.05, 0) is 30.0 Å². The van der Waals surface area contributed by atoms with Crippen molar-refractivity contribution in [2.75, 3.05) is 47.0 Å². The van der Waals surface area contributed by atoms with Gasteiger partial charge in [0.1, 0.15) is 5.75 Å². The van der Waals surface area contributed by atoms with Gasteiger partial charge < -0.3 is 20.1 Å². The Morgan fingerprint density at radius 3 is 2.62 bits per heavy atom. The van der Waals surface area contributed by atoms with Crippen LogP contribution in [0.3, 0.4) is 0 Å². The summed E-state index contributed by atoms with van der Waals surface area (Å²) in [5.41, 5.74) is 2.31. The van der Waals surface area contributed by atoms with E-state index in [0.29, 0.717) is 18.5 Å². The third-order valence-corrected chi connectivity index (χ3v) is 4.92. The number of morpholine rings is 1. The molecule has 1 aliphatic heterocycles. The van der Waals surface area contributed by atoms with Gasteiger partial charge in [-0.1, -0.05) is 26.0 Å². The smallest absolute Gasteiger partial charge is 0.191 e. The Balaban J connectivity index is 1.88. The van der Waals surface area contributed by atoms with Crippen molar-refractivity contribution in [2.45, 2.75) is 33.4 Å². The van der Waals surface area contributed by atoms with Crippen molar-refractivity contribution in [2.24, 2.45) is 10.9 Å². The molecule has 1 atom stereocenters. The third-order valence-electron chi connectivity index (χ3n) is 4.92. The highest BCUT2D eigenvalue weighted by atomic mass is 16.5. The highest BCUT2D eigenvalue weighted by molar-refractivity contribution is 5.79. The van der Waals surface area contributed by atoms with E-state index in [1.165, 1.54) is 5.56 Å². The maximum atomic E-state index is 5.48. The van der Waals surface area contributed by atoms with Crippen LogP contribution in [0.2, 0.25) is 0 Å². The van der Waals surface area contributed by atoms with Gasteiger partial charge in [-0.15, -0.1) is 0 Å². The molecule has 1 heterocycles. The van der Waals surface area contributed by atoms with Crippen molar-refractivity contribution in [3.05, 3.63) is 29.3 Å². The number of aliphatic imine (C=N–C) groups is 1. The summed E-state index contributed by atoms with van der Waals surface area (Å²) in [6.07, 6.45) is 0. The Hall–Kier alpha value is -1.79. The first kappa shape index (κ1) is 20.5. The Kier molecular flexibility index (Phi) is 8.19. The molecule has 1 unspecified atom stereocenters. The second-order valence-electron chi connectivity index (χ2n) is 7.07. The van der Waals surface area contributed by atoms with E-state index in [0.717, 1.165) is 50.1 Å². The van der Waals surface area contributed by atoms with E-state index < -0.39 is 0 Å². The highest BCUT2D eigenvalue weighted by Gasteiger charge is 2.23. The third kappa shape index (κ3) is 5.88. The van der Waals surface area contributed by atoms with Crippen LogP contribution in [-0.2, 0) is 11.3 Å². The molecular weight excluding hydrogens is 328 g/mol. The van der Waals surface area contributed by atoms with Crippen LogP contribution >= 0.6 is 0 Å². The highest BCUT2D eigenvalue weighted by Crippen LogP contribution is 2.18. The van der Waals surface area contributed by atoms with Crippen LogP contribution < -0.4 is 15.4 Å². The normalized spacial score (nSPS) is 17.2. The van der Waals surface area contributed by atoms with Gasteiger partial charge in [0.25, 0.3) is 0 Å². The van der Waals surface area contributed by atoms with Gasteiger partial charge in [-0.3, -0.25) is 9.89 Å².